The third-order valence-electron chi connectivity index (χ3n) is 4.15. The van der Waals surface area contributed by atoms with Crippen molar-refractivity contribution in [3.8, 4) is 11.5 Å². The molecular weight excluding hydrogens is 394 g/mol. The fourth-order valence-corrected chi connectivity index (χ4v) is 3.05. The minimum absolute atomic E-state index is 0.0583. The third-order valence-corrected chi connectivity index (χ3v) is 4.43. The second kappa shape index (κ2) is 9.52. The number of carbonyl (C=O) groups excluding carboxylic acids is 2. The monoisotopic (exact) mass is 417 g/mol. The molecule has 0 spiro atoms. The van der Waals surface area contributed by atoms with E-state index in [0.717, 1.165) is 12.0 Å². The van der Waals surface area contributed by atoms with Crippen molar-refractivity contribution in [2.24, 2.45) is 0 Å². The number of benzene rings is 2. The van der Waals surface area contributed by atoms with Crippen molar-refractivity contribution in [2.45, 2.75) is 32.9 Å². The molecule has 1 heterocycles. The van der Waals surface area contributed by atoms with Gasteiger partial charge in [-0.2, -0.15) is 0 Å². The van der Waals surface area contributed by atoms with E-state index in [1.165, 1.54) is 0 Å². The van der Waals surface area contributed by atoms with Crippen LogP contribution in [0.2, 0.25) is 5.02 Å². The molecule has 3 N–H and O–H groups in total. The Bertz CT molecular complexity index is 884. The summed E-state index contributed by atoms with van der Waals surface area (Å²) in [4.78, 5) is 24.2. The highest BCUT2D eigenvalue weighted by molar-refractivity contribution is 6.32. The molecule has 29 heavy (non-hydrogen) atoms. The van der Waals surface area contributed by atoms with Crippen LogP contribution in [0.3, 0.4) is 0 Å². The highest BCUT2D eigenvalue weighted by Crippen LogP contribution is 2.37. The minimum Gasteiger partial charge on any atom is -0.489 e. The maximum Gasteiger partial charge on any atom is 0.319 e. The Morgan fingerprint density at radius 2 is 1.83 bits per heavy atom. The quantitative estimate of drug-likeness (QED) is 0.687. The zero-order valence-electron chi connectivity index (χ0n) is 16.4. The molecule has 154 valence electrons. The van der Waals surface area contributed by atoms with Gasteiger partial charge in [0, 0.05) is 30.3 Å². The van der Waals surface area contributed by atoms with Crippen LogP contribution in [0, 0.1) is 0 Å². The molecule has 0 saturated heterocycles. The molecule has 3 amide bonds. The van der Waals surface area contributed by atoms with Gasteiger partial charge in [0.2, 0.25) is 0 Å². The van der Waals surface area contributed by atoms with Gasteiger partial charge in [-0.25, -0.2) is 4.79 Å². The van der Waals surface area contributed by atoms with Crippen LogP contribution in [0.25, 0.3) is 0 Å². The number of anilines is 1. The second-order valence-corrected chi connectivity index (χ2v) is 7.38. The number of urea groups is 1. The predicted octanol–water partition coefficient (Wildman–Crippen LogP) is 3.96. The van der Waals surface area contributed by atoms with Crippen LogP contribution in [0.4, 0.5) is 10.5 Å². The van der Waals surface area contributed by atoms with E-state index in [1.807, 2.05) is 26.0 Å². The van der Waals surface area contributed by atoms with Crippen molar-refractivity contribution in [2.75, 3.05) is 18.5 Å². The first-order valence-corrected chi connectivity index (χ1v) is 9.84. The summed E-state index contributed by atoms with van der Waals surface area (Å²) in [6.07, 6.45) is 0.760. The molecule has 8 heteroatoms. The lowest BCUT2D eigenvalue weighted by Gasteiger charge is -2.12. The van der Waals surface area contributed by atoms with E-state index in [-0.39, 0.29) is 18.0 Å². The zero-order valence-corrected chi connectivity index (χ0v) is 17.1. The van der Waals surface area contributed by atoms with Crippen LogP contribution < -0.4 is 25.4 Å². The van der Waals surface area contributed by atoms with Gasteiger partial charge in [-0.05, 0) is 43.7 Å². The molecule has 0 saturated carbocycles. The Morgan fingerprint density at radius 1 is 1.10 bits per heavy atom. The van der Waals surface area contributed by atoms with Gasteiger partial charge >= 0.3 is 6.03 Å². The fourth-order valence-electron chi connectivity index (χ4n) is 2.78. The van der Waals surface area contributed by atoms with Crippen molar-refractivity contribution in [3.05, 3.63) is 52.5 Å². The molecule has 0 bridgehead atoms. The highest BCUT2D eigenvalue weighted by atomic mass is 35.5. The first-order valence-electron chi connectivity index (χ1n) is 9.46. The smallest absolute Gasteiger partial charge is 0.319 e. The van der Waals surface area contributed by atoms with Crippen molar-refractivity contribution < 1.29 is 19.1 Å². The van der Waals surface area contributed by atoms with Gasteiger partial charge in [0.1, 0.15) is 0 Å². The first-order chi connectivity index (χ1) is 13.9. The predicted molar refractivity (Wildman–Crippen MR) is 112 cm³/mol. The Hall–Kier alpha value is -2.93. The van der Waals surface area contributed by atoms with Gasteiger partial charge in [-0.15, -0.1) is 0 Å². The molecule has 7 nitrogen and oxygen atoms in total. The molecule has 0 atom stereocenters. The summed E-state index contributed by atoms with van der Waals surface area (Å²) in [6, 6.07) is 10.3. The molecule has 3 rings (SSSR count). The topological polar surface area (TPSA) is 88.7 Å². The lowest BCUT2D eigenvalue weighted by atomic mass is 10.1. The van der Waals surface area contributed by atoms with E-state index in [2.05, 4.69) is 16.0 Å². The molecule has 0 unspecified atom stereocenters. The SMILES string of the molecule is CC(C)NC(=O)Nc1ccc(CNC(=O)c2cc(Cl)c3c(c2)OCCCO3)cc1. The standard InChI is InChI=1S/C21H24ClN3O4/c1-13(2)24-21(27)25-16-6-4-14(5-7-16)12-23-20(26)15-10-17(22)19-18(11-15)28-8-3-9-29-19/h4-7,10-11,13H,3,8-9,12H2,1-2H3,(H,23,26)(H2,24,25,27). The van der Waals surface area contributed by atoms with Crippen LogP contribution in [-0.4, -0.2) is 31.2 Å². The molecule has 0 radical (unpaired) electrons. The maximum atomic E-state index is 12.5. The summed E-state index contributed by atoms with van der Waals surface area (Å²) in [7, 11) is 0. The van der Waals surface area contributed by atoms with Crippen molar-refractivity contribution in [3.63, 3.8) is 0 Å². The van der Waals surface area contributed by atoms with Gasteiger partial charge in [0.25, 0.3) is 5.91 Å². The summed E-state index contributed by atoms with van der Waals surface area (Å²) < 4.78 is 11.2. The Morgan fingerprint density at radius 3 is 2.55 bits per heavy atom. The largest absolute Gasteiger partial charge is 0.489 e. The average Bonchev–Trinajstić information content (AvgIpc) is 2.92. The second-order valence-electron chi connectivity index (χ2n) is 6.97. The van der Waals surface area contributed by atoms with E-state index in [0.29, 0.717) is 47.5 Å². The van der Waals surface area contributed by atoms with Crippen molar-refractivity contribution in [1.29, 1.82) is 0 Å². The van der Waals surface area contributed by atoms with E-state index in [4.69, 9.17) is 21.1 Å². The Kier molecular flexibility index (Phi) is 6.82. The molecule has 1 aliphatic rings. The number of ether oxygens (including phenoxy) is 2. The average molecular weight is 418 g/mol. The normalized spacial score (nSPS) is 12.8. The van der Waals surface area contributed by atoms with Gasteiger partial charge in [0.05, 0.1) is 18.2 Å². The van der Waals surface area contributed by atoms with Crippen LogP contribution in [0.15, 0.2) is 36.4 Å². The van der Waals surface area contributed by atoms with Crippen LogP contribution in [0.5, 0.6) is 11.5 Å². The molecule has 0 aromatic heterocycles. The van der Waals surface area contributed by atoms with Crippen LogP contribution in [-0.2, 0) is 6.54 Å². The number of hydrogen-bond donors (Lipinski definition) is 3. The summed E-state index contributed by atoms with van der Waals surface area (Å²) in [5.41, 5.74) is 1.98. The minimum atomic E-state index is -0.263. The van der Waals surface area contributed by atoms with E-state index < -0.39 is 0 Å². The Labute approximate surface area is 174 Å². The molecule has 2 aromatic rings. The number of halogens is 1. The summed E-state index contributed by atoms with van der Waals surface area (Å²) in [6.45, 7) is 5.17. The molecule has 0 fully saturated rings. The number of nitrogens with one attached hydrogen (secondary N) is 3. The summed E-state index contributed by atoms with van der Waals surface area (Å²) in [5, 5.41) is 8.72. The van der Waals surface area contributed by atoms with Gasteiger partial charge in [-0.3, -0.25) is 4.79 Å². The lowest BCUT2D eigenvalue weighted by molar-refractivity contribution is 0.0950. The Balaban J connectivity index is 1.59. The molecule has 2 aromatic carbocycles. The molecule has 0 aliphatic carbocycles. The summed E-state index contributed by atoms with van der Waals surface area (Å²) >= 11 is 6.25. The molecular formula is C21H24ClN3O4. The van der Waals surface area contributed by atoms with Gasteiger partial charge < -0.3 is 25.4 Å². The van der Waals surface area contributed by atoms with E-state index in [1.54, 1.807) is 24.3 Å². The van der Waals surface area contributed by atoms with Crippen LogP contribution >= 0.6 is 11.6 Å². The molecule has 1 aliphatic heterocycles. The maximum absolute atomic E-state index is 12.5. The van der Waals surface area contributed by atoms with E-state index in [9.17, 15) is 9.59 Å². The number of carbonyl (C=O) groups is 2. The van der Waals surface area contributed by atoms with Gasteiger partial charge in [0.15, 0.2) is 11.5 Å². The first kappa shape index (κ1) is 20.8. The van der Waals surface area contributed by atoms with Gasteiger partial charge in [-0.1, -0.05) is 23.7 Å². The van der Waals surface area contributed by atoms with Crippen molar-refractivity contribution in [1.82, 2.24) is 10.6 Å². The number of amides is 3. The lowest BCUT2D eigenvalue weighted by Crippen LogP contribution is -2.34. The zero-order chi connectivity index (χ0) is 20.8. The fraction of sp³-hybridized carbons (Fsp3) is 0.333. The number of hydrogen-bond acceptors (Lipinski definition) is 4. The van der Waals surface area contributed by atoms with E-state index >= 15 is 0 Å². The number of fused-ring (bicyclic) bond motifs is 1. The summed E-state index contributed by atoms with van der Waals surface area (Å²) in [5.74, 6) is 0.696. The highest BCUT2D eigenvalue weighted by Gasteiger charge is 2.18. The van der Waals surface area contributed by atoms with Crippen LogP contribution in [0.1, 0.15) is 36.2 Å². The van der Waals surface area contributed by atoms with Crippen molar-refractivity contribution >= 4 is 29.2 Å². The third kappa shape index (κ3) is 5.77. The number of rotatable bonds is 5.